The van der Waals surface area contributed by atoms with Crippen molar-refractivity contribution >= 4 is 28.6 Å². The van der Waals surface area contributed by atoms with Gasteiger partial charge in [0.15, 0.2) is 0 Å². The molecule has 1 aromatic carbocycles. The molecule has 5 nitrogen and oxygen atoms in total. The molecule has 28 heavy (non-hydrogen) atoms. The zero-order valence-electron chi connectivity index (χ0n) is 14.5. The van der Waals surface area contributed by atoms with Gasteiger partial charge in [0.05, 0.1) is 5.69 Å². The molecule has 0 aliphatic heterocycles. The van der Waals surface area contributed by atoms with E-state index >= 15 is 0 Å². The Balaban J connectivity index is 1.30. The lowest BCUT2D eigenvalue weighted by Gasteiger charge is -2.03. The molecule has 0 radical (unpaired) electrons. The van der Waals surface area contributed by atoms with Crippen LogP contribution in [0, 0.1) is 5.82 Å². The predicted octanol–water partition coefficient (Wildman–Crippen LogP) is 5.54. The van der Waals surface area contributed by atoms with Crippen molar-refractivity contribution in [3.05, 3.63) is 81.6 Å². The molecule has 3 aromatic heterocycles. The number of hydrogen-bond donors (Lipinski definition) is 0. The van der Waals surface area contributed by atoms with E-state index in [1.54, 1.807) is 17.4 Å². The molecule has 0 aliphatic rings. The lowest BCUT2D eigenvalue weighted by Crippen LogP contribution is -2.04. The Labute approximate surface area is 168 Å². The summed E-state index contributed by atoms with van der Waals surface area (Å²) in [5.74, 6) is 0.151. The van der Waals surface area contributed by atoms with Crippen LogP contribution in [0.4, 0.5) is 4.39 Å². The molecule has 0 saturated carbocycles. The standard InChI is InChI=1S/C20H14FNO4S2/c21-14-1-3-16(4-2-14)24-10-17-5-6-18(26-17)20(23)25-9-15-12-28-19(22-15)13-7-8-27-11-13/h1-8,11-12H,9-10H2. The normalized spacial score (nSPS) is 10.8. The lowest BCUT2D eigenvalue weighted by molar-refractivity contribution is 0.0428. The second-order valence-electron chi connectivity index (χ2n) is 5.74. The third-order valence-corrected chi connectivity index (χ3v) is 5.35. The van der Waals surface area contributed by atoms with Gasteiger partial charge in [-0.15, -0.1) is 11.3 Å². The first-order valence-corrected chi connectivity index (χ1v) is 10.1. The molecule has 3 heterocycles. The second kappa shape index (κ2) is 8.37. The van der Waals surface area contributed by atoms with Crippen molar-refractivity contribution in [3.63, 3.8) is 0 Å². The number of aromatic nitrogens is 1. The number of halogens is 1. The average Bonchev–Trinajstić information content (AvgIpc) is 3.47. The molecule has 142 valence electrons. The third-order valence-electron chi connectivity index (χ3n) is 3.73. The van der Waals surface area contributed by atoms with Gasteiger partial charge in [-0.05, 0) is 47.8 Å². The fourth-order valence-electron chi connectivity index (χ4n) is 2.35. The van der Waals surface area contributed by atoms with Crippen molar-refractivity contribution in [2.75, 3.05) is 0 Å². The molecule has 8 heteroatoms. The number of rotatable bonds is 7. The summed E-state index contributed by atoms with van der Waals surface area (Å²) in [6, 6.07) is 10.8. The first-order chi connectivity index (χ1) is 13.7. The fraction of sp³-hybridized carbons (Fsp3) is 0.100. The smallest absolute Gasteiger partial charge is 0.374 e. The molecule has 0 saturated heterocycles. The maximum atomic E-state index is 12.9. The molecule has 0 spiro atoms. The maximum Gasteiger partial charge on any atom is 0.374 e. The molecule has 0 unspecified atom stereocenters. The maximum absolute atomic E-state index is 12.9. The number of carbonyl (C=O) groups is 1. The van der Waals surface area contributed by atoms with Gasteiger partial charge in [-0.1, -0.05) is 0 Å². The van der Waals surface area contributed by atoms with Crippen LogP contribution in [0.15, 0.2) is 63.0 Å². The summed E-state index contributed by atoms with van der Waals surface area (Å²) in [4.78, 5) is 16.6. The molecule has 4 rings (SSSR count). The van der Waals surface area contributed by atoms with Crippen molar-refractivity contribution in [2.45, 2.75) is 13.2 Å². The highest BCUT2D eigenvalue weighted by atomic mass is 32.1. The van der Waals surface area contributed by atoms with Gasteiger partial charge in [-0.25, -0.2) is 14.2 Å². The van der Waals surface area contributed by atoms with Crippen LogP contribution in [0.2, 0.25) is 0 Å². The molecule has 0 atom stereocenters. The minimum atomic E-state index is -0.571. The summed E-state index contributed by atoms with van der Waals surface area (Å²) in [5.41, 5.74) is 1.75. The molecule has 0 fully saturated rings. The van der Waals surface area contributed by atoms with Gasteiger partial charge < -0.3 is 13.9 Å². The van der Waals surface area contributed by atoms with Crippen LogP contribution in [-0.2, 0) is 18.0 Å². The Hall–Kier alpha value is -2.97. The van der Waals surface area contributed by atoms with E-state index in [0.717, 1.165) is 10.6 Å². The minimum absolute atomic E-state index is 0.0710. The summed E-state index contributed by atoms with van der Waals surface area (Å²) >= 11 is 3.11. The molecule has 0 N–H and O–H groups in total. The summed E-state index contributed by atoms with van der Waals surface area (Å²) < 4.78 is 29.1. The Bertz CT molecular complexity index is 1050. The largest absolute Gasteiger partial charge is 0.486 e. The first kappa shape index (κ1) is 18.4. The highest BCUT2D eigenvalue weighted by Gasteiger charge is 2.14. The van der Waals surface area contributed by atoms with E-state index in [9.17, 15) is 9.18 Å². The number of furan rings is 1. The van der Waals surface area contributed by atoms with Gasteiger partial charge in [-0.2, -0.15) is 11.3 Å². The zero-order valence-corrected chi connectivity index (χ0v) is 16.1. The molecule has 4 aromatic rings. The van der Waals surface area contributed by atoms with Crippen LogP contribution in [0.3, 0.4) is 0 Å². The Morgan fingerprint density at radius 3 is 2.71 bits per heavy atom. The average molecular weight is 415 g/mol. The number of thiophene rings is 1. The van der Waals surface area contributed by atoms with Crippen molar-refractivity contribution < 1.29 is 23.1 Å². The van der Waals surface area contributed by atoms with Crippen molar-refractivity contribution in [1.82, 2.24) is 4.98 Å². The number of esters is 1. The summed E-state index contributed by atoms with van der Waals surface area (Å²) in [6.07, 6.45) is 0. The molecular weight excluding hydrogens is 401 g/mol. The van der Waals surface area contributed by atoms with Gasteiger partial charge >= 0.3 is 5.97 Å². The van der Waals surface area contributed by atoms with E-state index in [1.807, 2.05) is 22.2 Å². The van der Waals surface area contributed by atoms with E-state index in [1.165, 1.54) is 41.7 Å². The second-order valence-corrected chi connectivity index (χ2v) is 7.38. The monoisotopic (exact) mass is 415 g/mol. The number of ether oxygens (including phenoxy) is 2. The van der Waals surface area contributed by atoms with Crippen LogP contribution < -0.4 is 4.74 Å². The number of hydrogen-bond acceptors (Lipinski definition) is 7. The van der Waals surface area contributed by atoms with Crippen LogP contribution in [-0.4, -0.2) is 11.0 Å². The number of carbonyl (C=O) groups excluding carboxylic acids is 1. The van der Waals surface area contributed by atoms with Gasteiger partial charge in [0.1, 0.15) is 35.5 Å². The van der Waals surface area contributed by atoms with Crippen LogP contribution in [0.1, 0.15) is 22.0 Å². The van der Waals surface area contributed by atoms with Gasteiger partial charge in [-0.3, -0.25) is 0 Å². The number of thiazole rings is 1. The van der Waals surface area contributed by atoms with Crippen molar-refractivity contribution in [2.24, 2.45) is 0 Å². The van der Waals surface area contributed by atoms with Crippen molar-refractivity contribution in [1.29, 1.82) is 0 Å². The van der Waals surface area contributed by atoms with Crippen LogP contribution >= 0.6 is 22.7 Å². The molecule has 0 bridgehead atoms. The number of benzene rings is 1. The SMILES string of the molecule is O=C(OCc1csc(-c2ccsc2)n1)c1ccc(COc2ccc(F)cc2)o1. The van der Waals surface area contributed by atoms with E-state index in [0.29, 0.717) is 17.2 Å². The third kappa shape index (κ3) is 4.47. The molecular formula is C20H14FNO4S2. The lowest BCUT2D eigenvalue weighted by atomic mass is 10.3. The van der Waals surface area contributed by atoms with Crippen LogP contribution in [0.5, 0.6) is 5.75 Å². The Morgan fingerprint density at radius 1 is 1.07 bits per heavy atom. The van der Waals surface area contributed by atoms with E-state index in [-0.39, 0.29) is 24.8 Å². The van der Waals surface area contributed by atoms with Gasteiger partial charge in [0.25, 0.3) is 0 Å². The highest BCUT2D eigenvalue weighted by molar-refractivity contribution is 7.14. The first-order valence-electron chi connectivity index (χ1n) is 8.28. The molecule has 0 aliphatic carbocycles. The van der Waals surface area contributed by atoms with E-state index < -0.39 is 5.97 Å². The van der Waals surface area contributed by atoms with E-state index in [2.05, 4.69) is 4.98 Å². The quantitative estimate of drug-likeness (QED) is 0.371. The fourth-order valence-corrected chi connectivity index (χ4v) is 3.87. The summed E-state index contributed by atoms with van der Waals surface area (Å²) in [6.45, 7) is 0.191. The van der Waals surface area contributed by atoms with Gasteiger partial charge in [0, 0.05) is 16.3 Å². The highest BCUT2D eigenvalue weighted by Crippen LogP contribution is 2.26. The molecule has 0 amide bonds. The van der Waals surface area contributed by atoms with Gasteiger partial charge in [0.2, 0.25) is 5.76 Å². The summed E-state index contributed by atoms with van der Waals surface area (Å²) in [7, 11) is 0. The topological polar surface area (TPSA) is 61.6 Å². The van der Waals surface area contributed by atoms with Crippen LogP contribution in [0.25, 0.3) is 10.6 Å². The predicted molar refractivity (Wildman–Crippen MR) is 104 cm³/mol. The summed E-state index contributed by atoms with van der Waals surface area (Å²) in [5, 5.41) is 6.77. The zero-order chi connectivity index (χ0) is 19.3. The number of nitrogens with zero attached hydrogens (tertiary/aromatic N) is 1. The van der Waals surface area contributed by atoms with Crippen molar-refractivity contribution in [3.8, 4) is 16.3 Å². The van der Waals surface area contributed by atoms with E-state index in [4.69, 9.17) is 13.9 Å². The Kier molecular flexibility index (Phi) is 5.50. The Morgan fingerprint density at radius 2 is 1.93 bits per heavy atom. The minimum Gasteiger partial charge on any atom is -0.486 e.